The highest BCUT2D eigenvalue weighted by molar-refractivity contribution is 7.89. The van der Waals surface area contributed by atoms with Gasteiger partial charge in [0.05, 0.1) is 11.6 Å². The molecule has 0 aromatic heterocycles. The van der Waals surface area contributed by atoms with Gasteiger partial charge in [-0.2, -0.15) is 4.31 Å². The second-order valence-electron chi connectivity index (χ2n) is 4.17. The van der Waals surface area contributed by atoms with Crippen LogP contribution in [0.5, 0.6) is 0 Å². The first kappa shape index (κ1) is 14.1. The molecule has 0 bridgehead atoms. The first-order valence-corrected chi connectivity index (χ1v) is 7.74. The van der Waals surface area contributed by atoms with E-state index >= 15 is 0 Å². The van der Waals surface area contributed by atoms with Crippen LogP contribution in [0.3, 0.4) is 0 Å². The molecule has 1 aliphatic heterocycles. The smallest absolute Gasteiger partial charge is 0.244 e. The van der Waals surface area contributed by atoms with Crippen LogP contribution in [-0.4, -0.2) is 37.0 Å². The Bertz CT molecular complexity index is 547. The fraction of sp³-hybridized carbons (Fsp3) is 0.455. The Labute approximate surface area is 116 Å². The van der Waals surface area contributed by atoms with Crippen molar-refractivity contribution in [2.75, 3.05) is 13.2 Å². The van der Waals surface area contributed by atoms with E-state index in [9.17, 15) is 13.5 Å². The largest absolute Gasteiger partial charge is 0.395 e. The summed E-state index contributed by atoms with van der Waals surface area (Å²) >= 11 is 11.7. The van der Waals surface area contributed by atoms with Crippen molar-refractivity contribution < 1.29 is 13.5 Å². The number of aliphatic hydroxyl groups excluding tert-OH is 1. The molecule has 2 rings (SSSR count). The van der Waals surface area contributed by atoms with Gasteiger partial charge in [0.2, 0.25) is 10.0 Å². The summed E-state index contributed by atoms with van der Waals surface area (Å²) < 4.78 is 26.2. The highest BCUT2D eigenvalue weighted by Gasteiger charge is 2.35. The average Bonchev–Trinajstić information content (AvgIpc) is 2.81. The predicted octanol–water partition coefficient (Wildman–Crippen LogP) is 2.14. The third-order valence-electron chi connectivity index (χ3n) is 3.01. The molecule has 1 N–H and O–H groups in total. The summed E-state index contributed by atoms with van der Waals surface area (Å²) in [6.45, 7) is 0.216. The molecule has 0 spiro atoms. The van der Waals surface area contributed by atoms with E-state index in [1.54, 1.807) is 0 Å². The van der Waals surface area contributed by atoms with E-state index < -0.39 is 10.0 Å². The van der Waals surface area contributed by atoms with E-state index in [0.29, 0.717) is 18.0 Å². The molecule has 1 aromatic rings. The average molecular weight is 310 g/mol. The highest BCUT2D eigenvalue weighted by atomic mass is 35.5. The minimum Gasteiger partial charge on any atom is -0.395 e. The number of sulfonamides is 1. The number of benzene rings is 1. The summed E-state index contributed by atoms with van der Waals surface area (Å²) in [5.41, 5.74) is 0. The summed E-state index contributed by atoms with van der Waals surface area (Å²) in [5.74, 6) is 0. The number of hydrogen-bond donors (Lipinski definition) is 1. The molecule has 1 heterocycles. The van der Waals surface area contributed by atoms with Crippen LogP contribution in [0.1, 0.15) is 12.8 Å². The van der Waals surface area contributed by atoms with E-state index in [1.807, 2.05) is 0 Å². The van der Waals surface area contributed by atoms with Gasteiger partial charge in [-0.1, -0.05) is 23.2 Å². The Morgan fingerprint density at radius 1 is 1.39 bits per heavy atom. The van der Waals surface area contributed by atoms with E-state index in [-0.39, 0.29) is 22.6 Å². The quantitative estimate of drug-likeness (QED) is 0.930. The second-order valence-corrected chi connectivity index (χ2v) is 6.87. The zero-order valence-corrected chi connectivity index (χ0v) is 11.8. The first-order valence-electron chi connectivity index (χ1n) is 5.54. The van der Waals surface area contributed by atoms with Gasteiger partial charge in [-0.05, 0) is 31.0 Å². The second kappa shape index (κ2) is 5.35. The van der Waals surface area contributed by atoms with Gasteiger partial charge in [0, 0.05) is 17.6 Å². The number of halogens is 2. The van der Waals surface area contributed by atoms with Crippen molar-refractivity contribution in [3.63, 3.8) is 0 Å². The lowest BCUT2D eigenvalue weighted by Crippen LogP contribution is -2.37. The van der Waals surface area contributed by atoms with Crippen molar-refractivity contribution >= 4 is 33.2 Å². The van der Waals surface area contributed by atoms with Crippen LogP contribution in [0, 0.1) is 0 Å². The van der Waals surface area contributed by atoms with Crippen molar-refractivity contribution in [1.29, 1.82) is 0 Å². The molecule has 1 aliphatic rings. The van der Waals surface area contributed by atoms with Crippen LogP contribution in [0.4, 0.5) is 0 Å². The molecule has 0 amide bonds. The molecule has 0 saturated carbocycles. The lowest BCUT2D eigenvalue weighted by molar-refractivity contribution is 0.213. The van der Waals surface area contributed by atoms with Crippen molar-refractivity contribution in [3.8, 4) is 0 Å². The molecule has 0 radical (unpaired) electrons. The molecular weight excluding hydrogens is 297 g/mol. The fourth-order valence-electron chi connectivity index (χ4n) is 2.11. The molecule has 1 atom stereocenters. The van der Waals surface area contributed by atoms with Crippen molar-refractivity contribution in [2.24, 2.45) is 0 Å². The van der Waals surface area contributed by atoms with Crippen molar-refractivity contribution in [2.45, 2.75) is 23.8 Å². The van der Waals surface area contributed by atoms with Crippen LogP contribution in [0.2, 0.25) is 10.0 Å². The molecule has 1 aromatic carbocycles. The normalized spacial score (nSPS) is 21.4. The number of hydrogen-bond acceptors (Lipinski definition) is 3. The molecular formula is C11H13Cl2NO3S. The van der Waals surface area contributed by atoms with Crippen molar-refractivity contribution in [3.05, 3.63) is 28.2 Å². The number of rotatable bonds is 3. The predicted molar refractivity (Wildman–Crippen MR) is 70.5 cm³/mol. The standard InChI is InChI=1S/C11H13Cl2NO3S/c12-8-3-4-10(13)11(6-8)18(16,17)14-5-1-2-9(14)7-15/h3-4,6,9,15H,1-2,5,7H2/t9-/m1/s1. The highest BCUT2D eigenvalue weighted by Crippen LogP contribution is 2.31. The Balaban J connectivity index is 2.45. The Kier molecular flexibility index (Phi) is 4.18. The lowest BCUT2D eigenvalue weighted by atomic mass is 10.2. The molecule has 18 heavy (non-hydrogen) atoms. The number of nitrogens with zero attached hydrogens (tertiary/aromatic N) is 1. The number of aliphatic hydroxyl groups is 1. The minimum absolute atomic E-state index is 0.00276. The van der Waals surface area contributed by atoms with Crippen LogP contribution in [0.25, 0.3) is 0 Å². The fourth-order valence-corrected chi connectivity index (χ4v) is 4.53. The Hall–Kier alpha value is -0.330. The maximum atomic E-state index is 12.4. The van der Waals surface area contributed by atoms with Gasteiger partial charge in [-0.15, -0.1) is 0 Å². The third kappa shape index (κ3) is 2.51. The summed E-state index contributed by atoms with van der Waals surface area (Å²) in [6, 6.07) is 3.97. The SMILES string of the molecule is O=S(=O)(c1cc(Cl)ccc1Cl)N1CCC[C@@H]1CO. The molecule has 1 fully saturated rings. The lowest BCUT2D eigenvalue weighted by Gasteiger charge is -2.23. The first-order chi connectivity index (χ1) is 8.46. The Morgan fingerprint density at radius 3 is 2.78 bits per heavy atom. The minimum atomic E-state index is -3.70. The summed E-state index contributed by atoms with van der Waals surface area (Å²) in [7, 11) is -3.70. The molecule has 7 heteroatoms. The maximum Gasteiger partial charge on any atom is 0.244 e. The third-order valence-corrected chi connectivity index (χ3v) is 5.68. The van der Waals surface area contributed by atoms with E-state index in [0.717, 1.165) is 6.42 Å². The van der Waals surface area contributed by atoms with Gasteiger partial charge >= 0.3 is 0 Å². The Morgan fingerprint density at radius 2 is 2.11 bits per heavy atom. The van der Waals surface area contributed by atoms with Gasteiger partial charge in [0.1, 0.15) is 4.90 Å². The molecule has 0 unspecified atom stereocenters. The molecule has 4 nitrogen and oxygen atoms in total. The van der Waals surface area contributed by atoms with Gasteiger partial charge < -0.3 is 5.11 Å². The zero-order valence-electron chi connectivity index (χ0n) is 9.51. The van der Waals surface area contributed by atoms with Gasteiger partial charge in [0.15, 0.2) is 0 Å². The maximum absolute atomic E-state index is 12.4. The van der Waals surface area contributed by atoms with Crippen LogP contribution in [0.15, 0.2) is 23.1 Å². The van der Waals surface area contributed by atoms with E-state index in [4.69, 9.17) is 23.2 Å². The van der Waals surface area contributed by atoms with Crippen LogP contribution >= 0.6 is 23.2 Å². The van der Waals surface area contributed by atoms with Gasteiger partial charge in [0.25, 0.3) is 0 Å². The van der Waals surface area contributed by atoms with Crippen LogP contribution < -0.4 is 0 Å². The zero-order chi connectivity index (χ0) is 13.3. The van der Waals surface area contributed by atoms with Crippen LogP contribution in [-0.2, 0) is 10.0 Å². The molecule has 0 aliphatic carbocycles. The van der Waals surface area contributed by atoms with E-state index in [2.05, 4.69) is 0 Å². The molecule has 100 valence electrons. The van der Waals surface area contributed by atoms with Crippen molar-refractivity contribution in [1.82, 2.24) is 4.31 Å². The summed E-state index contributed by atoms with van der Waals surface area (Å²) in [4.78, 5) is -0.00276. The van der Waals surface area contributed by atoms with E-state index in [1.165, 1.54) is 22.5 Å². The van der Waals surface area contributed by atoms with Gasteiger partial charge in [-0.25, -0.2) is 8.42 Å². The summed E-state index contributed by atoms with van der Waals surface area (Å²) in [5, 5.41) is 9.66. The topological polar surface area (TPSA) is 57.6 Å². The monoisotopic (exact) mass is 309 g/mol. The van der Waals surface area contributed by atoms with Gasteiger partial charge in [-0.3, -0.25) is 0 Å². The summed E-state index contributed by atoms with van der Waals surface area (Å²) in [6.07, 6.45) is 1.40. The molecule has 1 saturated heterocycles.